The van der Waals surface area contributed by atoms with E-state index in [1.54, 1.807) is 30.3 Å². The van der Waals surface area contributed by atoms with Crippen LogP contribution in [-0.2, 0) is 16.0 Å². The van der Waals surface area contributed by atoms with Gasteiger partial charge in [-0.3, -0.25) is 14.9 Å². The Morgan fingerprint density at radius 1 is 0.974 bits per heavy atom. The van der Waals surface area contributed by atoms with Gasteiger partial charge in [-0.15, -0.1) is 6.58 Å². The Kier molecular flexibility index (Phi) is 8.83. The maximum absolute atomic E-state index is 13.2. The average Bonchev–Trinajstić information content (AvgIpc) is 2.90. The highest BCUT2D eigenvalue weighted by atomic mass is 79.9. The first-order chi connectivity index (χ1) is 18.8. The number of hydrogen-bond acceptors (Lipinski definition) is 6. The molecule has 3 aromatic carbocycles. The second-order valence-electron chi connectivity index (χ2n) is 8.63. The van der Waals surface area contributed by atoms with Crippen molar-refractivity contribution in [1.29, 1.82) is 0 Å². The van der Waals surface area contributed by atoms with Crippen LogP contribution in [0.4, 0.5) is 10.5 Å². The molecule has 1 fully saturated rings. The van der Waals surface area contributed by atoms with Gasteiger partial charge in [0.1, 0.15) is 24.5 Å². The molecule has 0 spiro atoms. The van der Waals surface area contributed by atoms with Gasteiger partial charge in [-0.2, -0.15) is 0 Å². The van der Waals surface area contributed by atoms with Gasteiger partial charge in [0.25, 0.3) is 11.8 Å². The Balaban J connectivity index is 1.52. The summed E-state index contributed by atoms with van der Waals surface area (Å²) in [4.78, 5) is 39.2. The molecule has 1 heterocycles. The van der Waals surface area contributed by atoms with Crippen LogP contribution in [0.15, 0.2) is 83.4 Å². The number of benzene rings is 3. The van der Waals surface area contributed by atoms with Crippen LogP contribution in [0.25, 0.3) is 6.08 Å². The third-order valence-electron chi connectivity index (χ3n) is 5.85. The molecule has 1 saturated heterocycles. The lowest BCUT2D eigenvalue weighted by Crippen LogP contribution is -2.54. The number of ether oxygens (including phenoxy) is 3. The van der Waals surface area contributed by atoms with Crippen LogP contribution in [0.1, 0.15) is 16.7 Å². The second-order valence-corrected chi connectivity index (χ2v) is 9.48. The predicted octanol–water partition coefficient (Wildman–Crippen LogP) is 5.62. The fourth-order valence-electron chi connectivity index (χ4n) is 4.05. The predicted molar refractivity (Wildman–Crippen MR) is 152 cm³/mol. The van der Waals surface area contributed by atoms with Gasteiger partial charge in [-0.1, -0.05) is 36.4 Å². The number of imide groups is 2. The highest BCUT2D eigenvalue weighted by Crippen LogP contribution is 2.37. The number of aryl methyl sites for hydroxylation is 1. The van der Waals surface area contributed by atoms with Crippen LogP contribution < -0.4 is 24.4 Å². The number of methoxy groups -OCH3 is 1. The molecule has 0 unspecified atom stereocenters. The van der Waals surface area contributed by atoms with E-state index in [4.69, 9.17) is 14.2 Å². The van der Waals surface area contributed by atoms with Crippen LogP contribution in [0.5, 0.6) is 17.2 Å². The molecule has 3 aromatic rings. The Hall–Kier alpha value is -4.37. The quantitative estimate of drug-likeness (QED) is 0.142. The summed E-state index contributed by atoms with van der Waals surface area (Å²) >= 11 is 3.49. The van der Waals surface area contributed by atoms with Crippen molar-refractivity contribution >= 4 is 45.5 Å². The van der Waals surface area contributed by atoms with Crippen molar-refractivity contribution in [2.75, 3.05) is 25.2 Å². The number of allylic oxidation sites excluding steroid dienone is 1. The summed E-state index contributed by atoms with van der Waals surface area (Å²) in [5.74, 6) is 0.0941. The second kappa shape index (κ2) is 12.4. The molecule has 0 radical (unpaired) electrons. The third kappa shape index (κ3) is 6.38. The average molecular weight is 591 g/mol. The van der Waals surface area contributed by atoms with Crippen LogP contribution in [0.3, 0.4) is 0 Å². The molecule has 0 bridgehead atoms. The maximum Gasteiger partial charge on any atom is 0.335 e. The highest BCUT2D eigenvalue weighted by Gasteiger charge is 2.37. The number of anilines is 1. The molecule has 1 aliphatic heterocycles. The Morgan fingerprint density at radius 2 is 1.74 bits per heavy atom. The summed E-state index contributed by atoms with van der Waals surface area (Å²) in [6, 6.07) is 17.2. The van der Waals surface area contributed by atoms with Crippen LogP contribution >= 0.6 is 15.9 Å². The molecule has 9 heteroatoms. The molecular weight excluding hydrogens is 564 g/mol. The number of carbonyl (C=O) groups is 3. The first-order valence-electron chi connectivity index (χ1n) is 12.1. The zero-order valence-electron chi connectivity index (χ0n) is 21.5. The summed E-state index contributed by atoms with van der Waals surface area (Å²) < 4.78 is 17.9. The number of carbonyl (C=O) groups excluding carboxylic acids is 3. The number of nitrogens with one attached hydrogen (secondary N) is 1. The molecule has 0 aliphatic carbocycles. The van der Waals surface area contributed by atoms with Crippen molar-refractivity contribution in [3.63, 3.8) is 0 Å². The number of nitrogens with zero attached hydrogens (tertiary/aromatic N) is 1. The molecule has 39 heavy (non-hydrogen) atoms. The molecule has 8 nitrogen and oxygen atoms in total. The van der Waals surface area contributed by atoms with Gasteiger partial charge in [-0.25, -0.2) is 9.69 Å². The molecule has 4 rings (SSSR count). The summed E-state index contributed by atoms with van der Waals surface area (Å²) in [6.07, 6.45) is 3.93. The van der Waals surface area contributed by atoms with E-state index in [1.165, 1.54) is 13.2 Å². The number of amides is 4. The lowest BCUT2D eigenvalue weighted by molar-refractivity contribution is -0.122. The van der Waals surface area contributed by atoms with Crippen molar-refractivity contribution in [2.24, 2.45) is 0 Å². The van der Waals surface area contributed by atoms with Crippen LogP contribution in [0.2, 0.25) is 0 Å². The van der Waals surface area contributed by atoms with E-state index < -0.39 is 17.8 Å². The largest absolute Gasteiger partial charge is 0.493 e. The van der Waals surface area contributed by atoms with E-state index in [0.29, 0.717) is 40.3 Å². The van der Waals surface area contributed by atoms with Gasteiger partial charge in [0.15, 0.2) is 11.5 Å². The maximum atomic E-state index is 13.2. The molecular formula is C30H27BrN2O6. The number of barbiturate groups is 1. The van der Waals surface area contributed by atoms with Crippen molar-refractivity contribution < 1.29 is 28.6 Å². The van der Waals surface area contributed by atoms with Gasteiger partial charge in [0.05, 0.1) is 17.3 Å². The minimum Gasteiger partial charge on any atom is -0.493 e. The van der Waals surface area contributed by atoms with Gasteiger partial charge in [0, 0.05) is 0 Å². The van der Waals surface area contributed by atoms with E-state index in [0.717, 1.165) is 21.8 Å². The van der Waals surface area contributed by atoms with Crippen LogP contribution in [-0.4, -0.2) is 38.2 Å². The molecule has 0 atom stereocenters. The zero-order valence-corrected chi connectivity index (χ0v) is 23.1. The third-order valence-corrected chi connectivity index (χ3v) is 6.44. The molecule has 1 N–H and O–H groups in total. The molecule has 4 amide bonds. The highest BCUT2D eigenvalue weighted by molar-refractivity contribution is 9.10. The van der Waals surface area contributed by atoms with E-state index in [9.17, 15) is 14.4 Å². The first kappa shape index (κ1) is 27.7. The number of para-hydroxylation sites is 1. The summed E-state index contributed by atoms with van der Waals surface area (Å²) in [5, 5.41) is 2.23. The Morgan fingerprint density at radius 3 is 2.49 bits per heavy atom. The number of halogens is 1. The van der Waals surface area contributed by atoms with Gasteiger partial charge >= 0.3 is 6.03 Å². The summed E-state index contributed by atoms with van der Waals surface area (Å²) in [7, 11) is 1.49. The van der Waals surface area contributed by atoms with E-state index in [1.807, 2.05) is 43.3 Å². The lowest BCUT2D eigenvalue weighted by atomic mass is 10.1. The van der Waals surface area contributed by atoms with Gasteiger partial charge in [0.2, 0.25) is 0 Å². The van der Waals surface area contributed by atoms with E-state index in [-0.39, 0.29) is 12.2 Å². The van der Waals surface area contributed by atoms with Gasteiger partial charge < -0.3 is 14.2 Å². The molecule has 0 saturated carbocycles. The summed E-state index contributed by atoms with van der Waals surface area (Å²) in [6.45, 7) is 6.16. The topological polar surface area (TPSA) is 94.2 Å². The smallest absolute Gasteiger partial charge is 0.335 e. The van der Waals surface area contributed by atoms with Crippen molar-refractivity contribution in [2.45, 2.75) is 13.3 Å². The Labute approximate surface area is 235 Å². The van der Waals surface area contributed by atoms with Crippen molar-refractivity contribution in [1.82, 2.24) is 5.32 Å². The molecule has 0 aromatic heterocycles. The SMILES string of the molecule is C=CCc1ccccc1OCCOc1c(Br)cc(C=C2C(=O)NC(=O)N(c3cccc(C)c3)C2=O)cc1OC. The lowest BCUT2D eigenvalue weighted by Gasteiger charge is -2.26. The fourth-order valence-corrected chi connectivity index (χ4v) is 4.63. The van der Waals surface area contributed by atoms with Crippen molar-refractivity contribution in [3.8, 4) is 17.2 Å². The minimum absolute atomic E-state index is 0.190. The minimum atomic E-state index is -0.801. The normalized spacial score (nSPS) is 14.3. The van der Waals surface area contributed by atoms with Crippen molar-refractivity contribution in [3.05, 3.63) is 100 Å². The zero-order chi connectivity index (χ0) is 27.9. The molecule has 1 aliphatic rings. The number of rotatable bonds is 10. The standard InChI is InChI=1S/C30H27BrN2O6/c1-4-8-21-10-5-6-12-25(21)38-13-14-39-27-24(31)17-20(18-26(27)37-3)16-23-28(34)32-30(36)33(29(23)35)22-11-7-9-19(2)15-22/h4-7,9-12,15-18H,1,8,13-14H2,2-3H3,(H,32,34,36). The first-order valence-corrected chi connectivity index (χ1v) is 12.9. The van der Waals surface area contributed by atoms with Gasteiger partial charge in [-0.05, 0) is 82.4 Å². The van der Waals surface area contributed by atoms with Crippen LogP contribution in [0, 0.1) is 6.92 Å². The molecule has 200 valence electrons. The monoisotopic (exact) mass is 590 g/mol. The summed E-state index contributed by atoms with van der Waals surface area (Å²) in [5.41, 5.74) is 2.58. The van der Waals surface area contributed by atoms with E-state index in [2.05, 4.69) is 27.8 Å². The van der Waals surface area contributed by atoms with E-state index >= 15 is 0 Å². The fraction of sp³-hybridized carbons (Fsp3) is 0.167. The Bertz CT molecular complexity index is 1470. The number of urea groups is 1. The number of hydrogen-bond donors (Lipinski definition) is 1.